The van der Waals surface area contributed by atoms with Crippen LogP contribution in [0.5, 0.6) is 11.5 Å². The van der Waals surface area contributed by atoms with Crippen LogP contribution in [0.25, 0.3) is 22.0 Å². The number of aryl methyl sites for hydroxylation is 1. The Morgan fingerprint density at radius 2 is 1.72 bits per heavy atom. The van der Waals surface area contributed by atoms with Gasteiger partial charge in [-0.25, -0.2) is 0 Å². The zero-order valence-corrected chi connectivity index (χ0v) is 23.4. The van der Waals surface area contributed by atoms with E-state index < -0.39 is 49.6 Å². The Bertz CT molecular complexity index is 1680. The second-order valence-corrected chi connectivity index (χ2v) is 9.92. The third kappa shape index (κ3) is 8.29. The predicted molar refractivity (Wildman–Crippen MR) is 144 cm³/mol. The molecule has 8 nitrogen and oxygen atoms in total. The third-order valence-electron chi connectivity index (χ3n) is 6.31. The lowest BCUT2D eigenvalue weighted by Crippen LogP contribution is -2.32. The van der Waals surface area contributed by atoms with E-state index in [4.69, 9.17) is 21.1 Å². The van der Waals surface area contributed by atoms with E-state index in [-0.39, 0.29) is 34.1 Å². The van der Waals surface area contributed by atoms with Crippen molar-refractivity contribution in [1.29, 1.82) is 0 Å². The summed E-state index contributed by atoms with van der Waals surface area (Å²) in [5, 5.41) is 5.10. The van der Waals surface area contributed by atoms with Crippen molar-refractivity contribution in [2.45, 2.75) is 31.4 Å². The quantitative estimate of drug-likeness (QED) is 0.181. The molecule has 0 saturated carbocycles. The zero-order chi connectivity index (χ0) is 31.5. The summed E-state index contributed by atoms with van der Waals surface area (Å²) in [6, 6.07) is 8.36. The molecule has 4 aromatic rings. The molecule has 0 aliphatic carbocycles. The van der Waals surface area contributed by atoms with Gasteiger partial charge >= 0.3 is 12.5 Å². The number of Topliss-reactive ketones (excluding diaryl/α,β-unsaturated/α-hetero) is 1. The Kier molecular flexibility index (Phi) is 9.40. The number of ether oxygens (including phenoxy) is 3. The van der Waals surface area contributed by atoms with Gasteiger partial charge in [0.2, 0.25) is 0 Å². The minimum Gasteiger partial charge on any atom is -0.495 e. The van der Waals surface area contributed by atoms with Crippen LogP contribution in [0.1, 0.15) is 18.0 Å². The van der Waals surface area contributed by atoms with Crippen LogP contribution in [0.2, 0.25) is 5.02 Å². The highest BCUT2D eigenvalue weighted by atomic mass is 35.5. The maximum atomic E-state index is 13.5. The van der Waals surface area contributed by atoms with Gasteiger partial charge in [0.05, 0.1) is 31.5 Å². The first kappa shape index (κ1) is 31.9. The van der Waals surface area contributed by atoms with Gasteiger partial charge in [-0.15, -0.1) is 13.2 Å². The third-order valence-corrected chi connectivity index (χ3v) is 6.55. The van der Waals surface area contributed by atoms with Gasteiger partial charge in [0.15, 0.2) is 12.4 Å². The highest BCUT2D eigenvalue weighted by Gasteiger charge is 2.32. The SMILES string of the molecule is COc1cn(C(CCOC(F)(F)F)C(=O)Cc2ccc3nn(C)cc3c2)c(=O)cc1-c1cc(Cl)ccc1OCC(F)(F)F. The number of hydrogen-bond donors (Lipinski definition) is 0. The summed E-state index contributed by atoms with van der Waals surface area (Å²) in [4.78, 5) is 26.9. The first-order valence-corrected chi connectivity index (χ1v) is 13.0. The molecular formula is C28H24ClF6N3O5. The molecule has 0 aliphatic heterocycles. The van der Waals surface area contributed by atoms with E-state index in [0.717, 1.165) is 22.2 Å². The molecule has 0 saturated heterocycles. The van der Waals surface area contributed by atoms with Gasteiger partial charge in [0.25, 0.3) is 5.56 Å². The average molecular weight is 632 g/mol. The van der Waals surface area contributed by atoms with Crippen molar-refractivity contribution in [3.05, 3.63) is 75.8 Å². The molecule has 2 aromatic carbocycles. The molecular weight excluding hydrogens is 608 g/mol. The Morgan fingerprint density at radius 3 is 2.40 bits per heavy atom. The summed E-state index contributed by atoms with van der Waals surface area (Å²) < 4.78 is 93.5. The minimum atomic E-state index is -4.97. The fourth-order valence-corrected chi connectivity index (χ4v) is 4.68. The lowest BCUT2D eigenvalue weighted by Gasteiger charge is -2.22. The number of fused-ring (bicyclic) bond motifs is 1. The first-order valence-electron chi connectivity index (χ1n) is 12.6. The molecule has 230 valence electrons. The van der Waals surface area contributed by atoms with E-state index >= 15 is 0 Å². The molecule has 0 radical (unpaired) electrons. The molecule has 15 heteroatoms. The lowest BCUT2D eigenvalue weighted by atomic mass is 9.99. The lowest BCUT2D eigenvalue weighted by molar-refractivity contribution is -0.325. The van der Waals surface area contributed by atoms with Crippen molar-refractivity contribution in [2.75, 3.05) is 20.3 Å². The Labute approximate surface area is 245 Å². The van der Waals surface area contributed by atoms with E-state index in [0.29, 0.717) is 11.1 Å². The van der Waals surface area contributed by atoms with Crippen molar-refractivity contribution in [3.8, 4) is 22.6 Å². The molecule has 1 atom stereocenters. The van der Waals surface area contributed by atoms with Crippen molar-refractivity contribution in [1.82, 2.24) is 14.3 Å². The Balaban J connectivity index is 1.73. The largest absolute Gasteiger partial charge is 0.522 e. The number of carbonyl (C=O) groups excluding carboxylic acids is 1. The van der Waals surface area contributed by atoms with Crippen LogP contribution in [0, 0.1) is 0 Å². The van der Waals surface area contributed by atoms with Crippen molar-refractivity contribution in [2.24, 2.45) is 7.05 Å². The summed E-state index contributed by atoms with van der Waals surface area (Å²) >= 11 is 6.07. The number of rotatable bonds is 11. The van der Waals surface area contributed by atoms with E-state index in [1.165, 1.54) is 25.3 Å². The van der Waals surface area contributed by atoms with Gasteiger partial charge in [-0.2, -0.15) is 18.3 Å². The minimum absolute atomic E-state index is 0.00842. The highest BCUT2D eigenvalue weighted by Crippen LogP contribution is 2.38. The number of aromatic nitrogens is 3. The van der Waals surface area contributed by atoms with Crippen molar-refractivity contribution < 1.29 is 45.3 Å². The van der Waals surface area contributed by atoms with Gasteiger partial charge in [-0.3, -0.25) is 19.0 Å². The highest BCUT2D eigenvalue weighted by molar-refractivity contribution is 6.31. The molecule has 0 bridgehead atoms. The summed E-state index contributed by atoms with van der Waals surface area (Å²) in [6.45, 7) is -2.55. The number of carbonyl (C=O) groups is 1. The fraction of sp³-hybridized carbons (Fsp3) is 0.321. The number of methoxy groups -OCH3 is 1. The van der Waals surface area contributed by atoms with E-state index in [9.17, 15) is 35.9 Å². The Hall–Kier alpha value is -4.04. The van der Waals surface area contributed by atoms with Crippen LogP contribution in [-0.4, -0.2) is 53.0 Å². The van der Waals surface area contributed by atoms with Crippen LogP contribution < -0.4 is 15.0 Å². The van der Waals surface area contributed by atoms with E-state index in [2.05, 4.69) is 9.84 Å². The first-order chi connectivity index (χ1) is 20.1. The number of hydrogen-bond acceptors (Lipinski definition) is 6. The molecule has 2 heterocycles. The number of nitrogens with zero attached hydrogens (tertiary/aromatic N) is 3. The fourth-order valence-electron chi connectivity index (χ4n) is 4.51. The van der Waals surface area contributed by atoms with E-state index in [1.54, 1.807) is 36.1 Å². The molecule has 43 heavy (non-hydrogen) atoms. The summed E-state index contributed by atoms with van der Waals surface area (Å²) in [5.74, 6) is -0.929. The average Bonchev–Trinajstić information content (AvgIpc) is 3.28. The van der Waals surface area contributed by atoms with Crippen LogP contribution in [0.4, 0.5) is 26.3 Å². The van der Waals surface area contributed by atoms with Crippen molar-refractivity contribution >= 4 is 28.3 Å². The van der Waals surface area contributed by atoms with Crippen LogP contribution in [0.15, 0.2) is 59.7 Å². The molecule has 2 aromatic heterocycles. The monoisotopic (exact) mass is 631 g/mol. The molecule has 0 aliphatic rings. The topological polar surface area (TPSA) is 84.6 Å². The van der Waals surface area contributed by atoms with Crippen LogP contribution in [-0.2, 0) is 23.0 Å². The molecule has 0 amide bonds. The number of alkyl halides is 6. The van der Waals surface area contributed by atoms with Crippen molar-refractivity contribution in [3.63, 3.8) is 0 Å². The zero-order valence-electron chi connectivity index (χ0n) is 22.6. The van der Waals surface area contributed by atoms with Crippen LogP contribution in [0.3, 0.4) is 0 Å². The molecule has 1 unspecified atom stereocenters. The van der Waals surface area contributed by atoms with Gasteiger partial charge in [-0.05, 0) is 42.3 Å². The summed E-state index contributed by atoms with van der Waals surface area (Å²) in [6.07, 6.45) is -7.54. The second kappa shape index (κ2) is 12.7. The summed E-state index contributed by atoms with van der Waals surface area (Å²) in [5.41, 5.74) is 0.346. The van der Waals surface area contributed by atoms with Crippen LogP contribution >= 0.6 is 11.6 Å². The van der Waals surface area contributed by atoms with Gasteiger partial charge < -0.3 is 14.0 Å². The van der Waals surface area contributed by atoms with Gasteiger partial charge in [-0.1, -0.05) is 17.7 Å². The van der Waals surface area contributed by atoms with Gasteiger partial charge in [0.1, 0.15) is 11.5 Å². The molecule has 0 fully saturated rings. The smallest absolute Gasteiger partial charge is 0.495 e. The second-order valence-electron chi connectivity index (χ2n) is 9.48. The predicted octanol–water partition coefficient (Wildman–Crippen LogP) is 6.28. The number of halogens is 7. The summed E-state index contributed by atoms with van der Waals surface area (Å²) in [7, 11) is 2.93. The molecule has 0 spiro atoms. The Morgan fingerprint density at radius 1 is 1.00 bits per heavy atom. The number of ketones is 1. The molecule has 4 rings (SSSR count). The normalized spacial score (nSPS) is 12.9. The standard InChI is InChI=1S/C28H24ClF6N3O5/c1-37-13-17-9-16(3-5-21(17)36-37)10-23(39)22(7-8-43-28(33,34)35)38-14-25(41-2)20(12-26(38)40)19-11-18(29)4-6-24(19)42-15-27(30,31)32/h3-6,9,11-14,22H,7-8,10,15H2,1-2H3. The number of benzene rings is 2. The molecule has 0 N–H and O–H groups in total. The van der Waals surface area contributed by atoms with Gasteiger partial charge in [0, 0.05) is 47.3 Å². The van der Waals surface area contributed by atoms with E-state index in [1.807, 2.05) is 0 Å². The maximum Gasteiger partial charge on any atom is 0.522 e. The maximum absolute atomic E-state index is 13.5. The number of pyridine rings is 1.